The average molecular weight is 394 g/mol. The molecule has 0 unspecified atom stereocenters. The van der Waals surface area contributed by atoms with Crippen LogP contribution in [-0.4, -0.2) is 14.9 Å². The molecular formula is C14H10Br2N4. The van der Waals surface area contributed by atoms with Crippen LogP contribution < -0.4 is 5.84 Å². The molecule has 1 heterocycles. The minimum Gasteiger partial charge on any atom is -0.336 e. The van der Waals surface area contributed by atoms with Crippen molar-refractivity contribution in [2.24, 2.45) is 0 Å². The molecule has 1 aromatic heterocycles. The molecule has 2 N–H and O–H groups in total. The Balaban J connectivity index is 2.04. The first kappa shape index (κ1) is 13.3. The molecule has 100 valence electrons. The maximum Gasteiger partial charge on any atom is 0.182 e. The molecule has 0 amide bonds. The van der Waals surface area contributed by atoms with Crippen LogP contribution in [-0.2, 0) is 0 Å². The highest BCUT2D eigenvalue weighted by atomic mass is 79.9. The fourth-order valence-electron chi connectivity index (χ4n) is 1.88. The first-order chi connectivity index (χ1) is 9.65. The smallest absolute Gasteiger partial charge is 0.182 e. The normalized spacial score (nSPS) is 10.7. The second kappa shape index (κ2) is 5.38. The van der Waals surface area contributed by atoms with Gasteiger partial charge in [0.2, 0.25) is 0 Å². The molecule has 4 nitrogen and oxygen atoms in total. The van der Waals surface area contributed by atoms with E-state index >= 15 is 0 Å². The molecule has 3 rings (SSSR count). The summed E-state index contributed by atoms with van der Waals surface area (Å²) in [5.41, 5.74) is 1.85. The van der Waals surface area contributed by atoms with E-state index < -0.39 is 0 Å². The topological polar surface area (TPSA) is 56.7 Å². The number of benzene rings is 2. The molecule has 0 aliphatic carbocycles. The van der Waals surface area contributed by atoms with Crippen molar-refractivity contribution in [2.75, 3.05) is 5.84 Å². The van der Waals surface area contributed by atoms with E-state index in [9.17, 15) is 0 Å². The van der Waals surface area contributed by atoms with Gasteiger partial charge in [-0.2, -0.15) is 0 Å². The lowest BCUT2D eigenvalue weighted by atomic mass is 10.2. The van der Waals surface area contributed by atoms with E-state index in [1.54, 1.807) is 0 Å². The molecule has 0 aliphatic rings. The van der Waals surface area contributed by atoms with Crippen LogP contribution >= 0.6 is 31.9 Å². The number of nitrogens with zero attached hydrogens (tertiary/aromatic N) is 3. The van der Waals surface area contributed by atoms with Gasteiger partial charge in [0.05, 0.1) is 0 Å². The molecular weight excluding hydrogens is 384 g/mol. The maximum absolute atomic E-state index is 6.11. The number of aromatic nitrogens is 3. The summed E-state index contributed by atoms with van der Waals surface area (Å²) >= 11 is 6.81. The summed E-state index contributed by atoms with van der Waals surface area (Å²) in [5, 5.41) is 8.35. The Morgan fingerprint density at radius 3 is 1.40 bits per heavy atom. The zero-order chi connectivity index (χ0) is 14.1. The molecule has 3 aromatic rings. The average Bonchev–Trinajstić information content (AvgIpc) is 2.83. The van der Waals surface area contributed by atoms with Gasteiger partial charge in [0.25, 0.3) is 0 Å². The molecule has 2 aromatic carbocycles. The fraction of sp³-hybridized carbons (Fsp3) is 0. The van der Waals surface area contributed by atoms with Crippen molar-refractivity contribution in [3.05, 3.63) is 57.5 Å². The van der Waals surface area contributed by atoms with E-state index in [1.165, 1.54) is 4.68 Å². The SMILES string of the molecule is Nn1c(-c2ccc(Br)cc2)nnc1-c1ccc(Br)cc1. The highest BCUT2D eigenvalue weighted by Crippen LogP contribution is 2.24. The van der Waals surface area contributed by atoms with Crippen LogP contribution in [0, 0.1) is 0 Å². The summed E-state index contributed by atoms with van der Waals surface area (Å²) in [6.07, 6.45) is 0. The maximum atomic E-state index is 6.11. The molecule has 0 bridgehead atoms. The monoisotopic (exact) mass is 392 g/mol. The molecule has 0 saturated carbocycles. The minimum absolute atomic E-state index is 0.635. The van der Waals surface area contributed by atoms with Gasteiger partial charge in [0, 0.05) is 20.1 Å². The van der Waals surface area contributed by atoms with E-state index in [1.807, 2.05) is 48.5 Å². The lowest BCUT2D eigenvalue weighted by molar-refractivity contribution is 1.02. The molecule has 20 heavy (non-hydrogen) atoms. The third-order valence-corrected chi connectivity index (χ3v) is 3.96. The lowest BCUT2D eigenvalue weighted by Gasteiger charge is -2.04. The van der Waals surface area contributed by atoms with Crippen molar-refractivity contribution in [1.82, 2.24) is 14.9 Å². The van der Waals surface area contributed by atoms with Crippen molar-refractivity contribution >= 4 is 31.9 Å². The van der Waals surface area contributed by atoms with Crippen LogP contribution in [0.2, 0.25) is 0 Å². The third-order valence-electron chi connectivity index (χ3n) is 2.90. The van der Waals surface area contributed by atoms with Gasteiger partial charge in [-0.3, -0.25) is 0 Å². The summed E-state index contributed by atoms with van der Waals surface area (Å²) in [7, 11) is 0. The Bertz CT molecular complexity index is 670. The Morgan fingerprint density at radius 1 is 0.700 bits per heavy atom. The van der Waals surface area contributed by atoms with Crippen molar-refractivity contribution in [3.63, 3.8) is 0 Å². The van der Waals surface area contributed by atoms with Crippen LogP contribution in [0.3, 0.4) is 0 Å². The van der Waals surface area contributed by atoms with Gasteiger partial charge < -0.3 is 5.84 Å². The van der Waals surface area contributed by atoms with Crippen LogP contribution in [0.15, 0.2) is 57.5 Å². The van der Waals surface area contributed by atoms with E-state index in [4.69, 9.17) is 5.84 Å². The van der Waals surface area contributed by atoms with Gasteiger partial charge in [0.15, 0.2) is 11.6 Å². The number of halogens is 2. The fourth-order valence-corrected chi connectivity index (χ4v) is 2.41. The third kappa shape index (κ3) is 2.48. The summed E-state index contributed by atoms with van der Waals surface area (Å²) in [5.74, 6) is 7.38. The summed E-state index contributed by atoms with van der Waals surface area (Å²) in [4.78, 5) is 0. The summed E-state index contributed by atoms with van der Waals surface area (Å²) in [6.45, 7) is 0. The van der Waals surface area contributed by atoms with E-state index in [0.717, 1.165) is 20.1 Å². The van der Waals surface area contributed by atoms with E-state index in [0.29, 0.717) is 11.6 Å². The molecule has 0 aliphatic heterocycles. The van der Waals surface area contributed by atoms with Crippen LogP contribution in [0.4, 0.5) is 0 Å². The standard InChI is InChI=1S/C14H10Br2N4/c15-11-5-1-9(2-6-11)13-18-19-14(20(13)17)10-3-7-12(16)8-4-10/h1-8H,17H2. The van der Waals surface area contributed by atoms with Crippen molar-refractivity contribution in [1.29, 1.82) is 0 Å². The van der Waals surface area contributed by atoms with E-state index in [-0.39, 0.29) is 0 Å². The van der Waals surface area contributed by atoms with Gasteiger partial charge in [-0.15, -0.1) is 10.2 Å². The molecule has 0 saturated heterocycles. The van der Waals surface area contributed by atoms with Crippen molar-refractivity contribution in [2.45, 2.75) is 0 Å². The van der Waals surface area contributed by atoms with Crippen LogP contribution in [0.5, 0.6) is 0 Å². The van der Waals surface area contributed by atoms with E-state index in [2.05, 4.69) is 42.1 Å². The number of rotatable bonds is 2. The van der Waals surface area contributed by atoms with Gasteiger partial charge >= 0.3 is 0 Å². The number of nitrogens with two attached hydrogens (primary N) is 1. The first-order valence-electron chi connectivity index (χ1n) is 5.87. The first-order valence-corrected chi connectivity index (χ1v) is 7.46. The van der Waals surface area contributed by atoms with Gasteiger partial charge in [-0.05, 0) is 24.3 Å². The Labute approximate surface area is 132 Å². The highest BCUT2D eigenvalue weighted by molar-refractivity contribution is 9.10. The molecule has 0 radical (unpaired) electrons. The zero-order valence-corrected chi connectivity index (χ0v) is 13.5. The Morgan fingerprint density at radius 2 is 1.05 bits per heavy atom. The predicted molar refractivity (Wildman–Crippen MR) is 86.4 cm³/mol. The molecule has 0 fully saturated rings. The van der Waals surface area contributed by atoms with Gasteiger partial charge in [-0.1, -0.05) is 56.1 Å². The quantitative estimate of drug-likeness (QED) is 0.672. The summed E-state index contributed by atoms with van der Waals surface area (Å²) < 4.78 is 3.53. The minimum atomic E-state index is 0.635. The van der Waals surface area contributed by atoms with Crippen molar-refractivity contribution in [3.8, 4) is 22.8 Å². The summed E-state index contributed by atoms with van der Waals surface area (Å²) in [6, 6.07) is 15.6. The highest BCUT2D eigenvalue weighted by Gasteiger charge is 2.13. The molecule has 6 heteroatoms. The predicted octanol–water partition coefficient (Wildman–Crippen LogP) is 3.85. The molecule has 0 atom stereocenters. The Kier molecular flexibility index (Phi) is 3.58. The number of hydrogen-bond donors (Lipinski definition) is 1. The van der Waals surface area contributed by atoms with Crippen LogP contribution in [0.1, 0.15) is 0 Å². The molecule has 0 spiro atoms. The second-order valence-corrected chi connectivity index (χ2v) is 6.06. The van der Waals surface area contributed by atoms with Crippen LogP contribution in [0.25, 0.3) is 22.8 Å². The van der Waals surface area contributed by atoms with Gasteiger partial charge in [0.1, 0.15) is 0 Å². The second-order valence-electron chi connectivity index (χ2n) is 4.23. The lowest BCUT2D eigenvalue weighted by Crippen LogP contribution is -2.11. The largest absolute Gasteiger partial charge is 0.336 e. The number of hydrogen-bond acceptors (Lipinski definition) is 3. The zero-order valence-electron chi connectivity index (χ0n) is 10.3. The van der Waals surface area contributed by atoms with Gasteiger partial charge in [-0.25, -0.2) is 4.68 Å². The number of nitrogen functional groups attached to an aromatic ring is 1. The Hall–Kier alpha value is -1.66. The van der Waals surface area contributed by atoms with Crippen molar-refractivity contribution < 1.29 is 0 Å².